The van der Waals surface area contributed by atoms with E-state index >= 15 is 0 Å². The fraction of sp³-hybridized carbons (Fsp3) is 0.120. The van der Waals surface area contributed by atoms with Crippen LogP contribution in [0.15, 0.2) is 79.1 Å². The van der Waals surface area contributed by atoms with Gasteiger partial charge >= 0.3 is 5.91 Å². The summed E-state index contributed by atoms with van der Waals surface area (Å²) in [5, 5.41) is 15.7. The third-order valence-electron chi connectivity index (χ3n) is 4.94. The molecule has 4 rings (SSSR count). The molecule has 4 aromatic rings. The van der Waals surface area contributed by atoms with E-state index in [0.717, 1.165) is 15.4 Å². The van der Waals surface area contributed by atoms with Crippen LogP contribution in [0.4, 0.5) is 5.69 Å². The number of nitrogens with one attached hydrogen (secondary N) is 1. The van der Waals surface area contributed by atoms with E-state index in [1.807, 2.05) is 19.1 Å². The lowest BCUT2D eigenvalue weighted by molar-refractivity contribution is -0.384. The molecule has 0 spiro atoms. The molecule has 0 aliphatic carbocycles. The summed E-state index contributed by atoms with van der Waals surface area (Å²) in [6, 6.07) is 16.7. The van der Waals surface area contributed by atoms with Crippen LogP contribution in [0.5, 0.6) is 11.5 Å². The summed E-state index contributed by atoms with van der Waals surface area (Å²) in [6.45, 7) is 2.44. The number of benzene rings is 3. The topological polar surface area (TPSA) is 116 Å². The van der Waals surface area contributed by atoms with Gasteiger partial charge < -0.3 is 13.9 Å². The second-order valence-corrected chi connectivity index (χ2v) is 9.24. The van der Waals surface area contributed by atoms with E-state index in [4.69, 9.17) is 13.9 Å². The number of nitro benzene ring substituents is 1. The fourth-order valence-corrected chi connectivity index (χ4v) is 4.23. The summed E-state index contributed by atoms with van der Waals surface area (Å²) in [7, 11) is 0. The van der Waals surface area contributed by atoms with Crippen molar-refractivity contribution >= 4 is 60.6 Å². The molecule has 1 amide bonds. The zero-order chi connectivity index (χ0) is 25.7. The van der Waals surface area contributed by atoms with Gasteiger partial charge in [-0.05, 0) is 82.5 Å². The maximum absolute atomic E-state index is 12.4. The predicted molar refractivity (Wildman–Crippen MR) is 142 cm³/mol. The number of halogens is 2. The molecule has 0 radical (unpaired) electrons. The average Bonchev–Trinajstić information content (AvgIpc) is 3.27. The smallest absolute Gasteiger partial charge is 0.307 e. The monoisotopic (exact) mass is 615 g/mol. The molecule has 0 bridgehead atoms. The van der Waals surface area contributed by atoms with Gasteiger partial charge in [-0.3, -0.25) is 14.9 Å². The van der Waals surface area contributed by atoms with Crippen LogP contribution in [0.2, 0.25) is 0 Å². The normalized spacial score (nSPS) is 11.1. The molecule has 0 unspecified atom stereocenters. The number of carbonyl (C=O) groups is 1. The number of ether oxygens (including phenoxy) is 2. The van der Waals surface area contributed by atoms with Gasteiger partial charge in [-0.25, -0.2) is 5.43 Å². The highest BCUT2D eigenvalue weighted by Gasteiger charge is 2.14. The van der Waals surface area contributed by atoms with Crippen LogP contribution in [-0.2, 0) is 6.61 Å². The Morgan fingerprint density at radius 2 is 1.89 bits per heavy atom. The summed E-state index contributed by atoms with van der Waals surface area (Å²) < 4.78 is 18.7. The molecule has 1 aromatic heterocycles. The molecule has 36 heavy (non-hydrogen) atoms. The molecule has 0 saturated carbocycles. The number of fused-ring (bicyclic) bond motifs is 1. The van der Waals surface area contributed by atoms with Crippen molar-refractivity contribution in [1.29, 1.82) is 0 Å². The molecule has 0 fully saturated rings. The summed E-state index contributed by atoms with van der Waals surface area (Å²) in [4.78, 5) is 22.8. The number of hydrazone groups is 1. The zero-order valence-corrected chi connectivity index (χ0v) is 22.0. The molecule has 0 atom stereocenters. The van der Waals surface area contributed by atoms with Crippen LogP contribution >= 0.6 is 31.9 Å². The van der Waals surface area contributed by atoms with Crippen molar-refractivity contribution in [3.8, 4) is 11.5 Å². The van der Waals surface area contributed by atoms with Crippen LogP contribution in [0.1, 0.15) is 28.6 Å². The molecular weight excluding hydrogens is 598 g/mol. The minimum Gasteiger partial charge on any atom is -0.490 e. The number of rotatable bonds is 9. The zero-order valence-electron chi connectivity index (χ0n) is 18.9. The van der Waals surface area contributed by atoms with E-state index in [1.165, 1.54) is 18.3 Å². The van der Waals surface area contributed by atoms with Gasteiger partial charge in [-0.1, -0.05) is 15.9 Å². The maximum Gasteiger partial charge on any atom is 0.307 e. The Bertz CT molecular complexity index is 1450. The lowest BCUT2D eigenvalue weighted by Crippen LogP contribution is -2.16. The summed E-state index contributed by atoms with van der Waals surface area (Å²) in [6.07, 6.45) is 1.48. The Morgan fingerprint density at radius 1 is 1.11 bits per heavy atom. The predicted octanol–water partition coefficient (Wildman–Crippen LogP) is 6.61. The minimum atomic E-state index is -0.481. The Hall–Kier alpha value is -3.70. The Balaban J connectivity index is 1.45. The van der Waals surface area contributed by atoms with Crippen molar-refractivity contribution in [1.82, 2.24) is 5.43 Å². The van der Waals surface area contributed by atoms with Gasteiger partial charge in [-0.15, -0.1) is 0 Å². The van der Waals surface area contributed by atoms with E-state index in [0.29, 0.717) is 33.7 Å². The number of amides is 1. The maximum atomic E-state index is 12.4. The van der Waals surface area contributed by atoms with Crippen molar-refractivity contribution in [3.05, 3.63) is 96.6 Å². The van der Waals surface area contributed by atoms with Gasteiger partial charge in [-0.2, -0.15) is 5.10 Å². The molecule has 1 N–H and O–H groups in total. The van der Waals surface area contributed by atoms with E-state index in [-0.39, 0.29) is 18.1 Å². The molecule has 0 aliphatic heterocycles. The quantitative estimate of drug-likeness (QED) is 0.129. The Kier molecular flexibility index (Phi) is 8.01. The number of non-ortho nitro benzene ring substituents is 1. The van der Waals surface area contributed by atoms with Crippen molar-refractivity contribution in [2.45, 2.75) is 13.5 Å². The molecule has 0 saturated heterocycles. The number of hydrogen-bond donors (Lipinski definition) is 1. The summed E-state index contributed by atoms with van der Waals surface area (Å²) >= 11 is 6.89. The molecule has 1 heterocycles. The number of furan rings is 1. The SMILES string of the molecule is CCOc1cc(/C=N/NC(=O)c2cc3cc(Br)ccc3o2)cc(Br)c1OCc1ccc([N+](=O)[O-])cc1. The second-order valence-electron chi connectivity index (χ2n) is 7.47. The third kappa shape index (κ3) is 6.10. The van der Waals surface area contributed by atoms with Crippen LogP contribution in [0.25, 0.3) is 11.0 Å². The largest absolute Gasteiger partial charge is 0.490 e. The fourth-order valence-electron chi connectivity index (χ4n) is 3.28. The van der Waals surface area contributed by atoms with Crippen molar-refractivity contribution < 1.29 is 23.6 Å². The Labute approximate surface area is 222 Å². The first-order valence-electron chi connectivity index (χ1n) is 10.7. The standard InChI is InChI=1S/C25H19Br2N3O6/c1-2-34-22-10-16(9-20(27)24(22)35-14-15-3-6-19(7-4-15)30(32)33)13-28-29-25(31)23-12-17-11-18(26)5-8-21(17)36-23/h3-13H,2,14H2,1H3,(H,29,31)/b28-13+. The summed E-state index contributed by atoms with van der Waals surface area (Å²) in [5.74, 6) is 0.617. The Morgan fingerprint density at radius 3 is 2.61 bits per heavy atom. The molecule has 3 aromatic carbocycles. The van der Waals surface area contributed by atoms with E-state index in [1.54, 1.807) is 36.4 Å². The second kappa shape index (κ2) is 11.4. The first-order valence-corrected chi connectivity index (χ1v) is 12.3. The summed E-state index contributed by atoms with van der Waals surface area (Å²) in [5.41, 5.74) is 4.49. The van der Waals surface area contributed by atoms with Gasteiger partial charge in [0.25, 0.3) is 5.69 Å². The molecule has 0 aliphatic rings. The third-order valence-corrected chi connectivity index (χ3v) is 6.03. The van der Waals surface area contributed by atoms with E-state index < -0.39 is 10.8 Å². The van der Waals surface area contributed by atoms with Gasteiger partial charge in [0.05, 0.1) is 22.2 Å². The lowest BCUT2D eigenvalue weighted by atomic mass is 10.2. The lowest BCUT2D eigenvalue weighted by Gasteiger charge is -2.14. The number of carbonyl (C=O) groups excluding carboxylic acids is 1. The van der Waals surface area contributed by atoms with E-state index in [9.17, 15) is 14.9 Å². The number of hydrogen-bond acceptors (Lipinski definition) is 7. The minimum absolute atomic E-state index is 0.0130. The average molecular weight is 617 g/mol. The van der Waals surface area contributed by atoms with E-state index in [2.05, 4.69) is 42.4 Å². The van der Waals surface area contributed by atoms with Crippen molar-refractivity contribution in [3.63, 3.8) is 0 Å². The number of nitrogens with zero attached hydrogens (tertiary/aromatic N) is 2. The van der Waals surface area contributed by atoms with Crippen molar-refractivity contribution in [2.75, 3.05) is 6.61 Å². The molecule has 11 heteroatoms. The molecular formula is C25H19Br2N3O6. The molecule has 184 valence electrons. The van der Waals surface area contributed by atoms with Gasteiger partial charge in [0, 0.05) is 22.0 Å². The first kappa shape index (κ1) is 25.4. The van der Waals surface area contributed by atoms with Crippen LogP contribution in [-0.4, -0.2) is 23.7 Å². The highest BCUT2D eigenvalue weighted by Crippen LogP contribution is 2.37. The highest BCUT2D eigenvalue weighted by molar-refractivity contribution is 9.10. The highest BCUT2D eigenvalue weighted by atomic mass is 79.9. The van der Waals surface area contributed by atoms with Gasteiger partial charge in [0.2, 0.25) is 0 Å². The van der Waals surface area contributed by atoms with Gasteiger partial charge in [0.15, 0.2) is 17.3 Å². The number of nitro groups is 1. The van der Waals surface area contributed by atoms with Crippen LogP contribution in [0.3, 0.4) is 0 Å². The molecule has 9 nitrogen and oxygen atoms in total. The van der Waals surface area contributed by atoms with Crippen LogP contribution < -0.4 is 14.9 Å². The van der Waals surface area contributed by atoms with Gasteiger partial charge in [0.1, 0.15) is 12.2 Å². The van der Waals surface area contributed by atoms with Crippen LogP contribution in [0, 0.1) is 10.1 Å². The first-order chi connectivity index (χ1) is 17.3. The van der Waals surface area contributed by atoms with Crippen molar-refractivity contribution in [2.24, 2.45) is 5.10 Å².